The second-order valence-corrected chi connectivity index (χ2v) is 6.36. The van der Waals surface area contributed by atoms with Crippen molar-refractivity contribution in [3.8, 4) is 0 Å². The van der Waals surface area contributed by atoms with Gasteiger partial charge in [-0.2, -0.15) is 0 Å². The standard InChI is InChI=1S/C17H24N2O/c1-4-13-5-7-14(8-6-13)16-18-12(3)17(20)19(16)15-9-11(2)10-15/h5-8,11-12,15-16,18H,4,9-10H2,1-3H3. The maximum Gasteiger partial charge on any atom is 0.241 e. The van der Waals surface area contributed by atoms with Crippen LogP contribution in [0.1, 0.15) is 50.9 Å². The largest absolute Gasteiger partial charge is 0.319 e. The lowest BCUT2D eigenvalue weighted by molar-refractivity contribution is -0.134. The number of hydrogen-bond donors (Lipinski definition) is 1. The molecule has 2 aliphatic rings. The van der Waals surface area contributed by atoms with E-state index in [2.05, 4.69) is 48.3 Å². The van der Waals surface area contributed by atoms with E-state index in [0.29, 0.717) is 6.04 Å². The quantitative estimate of drug-likeness (QED) is 0.917. The van der Waals surface area contributed by atoms with Crippen LogP contribution in [0.25, 0.3) is 0 Å². The van der Waals surface area contributed by atoms with E-state index >= 15 is 0 Å². The van der Waals surface area contributed by atoms with E-state index in [9.17, 15) is 4.79 Å². The summed E-state index contributed by atoms with van der Waals surface area (Å²) in [4.78, 5) is 14.5. The van der Waals surface area contributed by atoms with E-state index < -0.39 is 0 Å². The molecule has 0 aromatic heterocycles. The molecule has 1 N–H and O–H groups in total. The van der Waals surface area contributed by atoms with Gasteiger partial charge in [0.15, 0.2) is 0 Å². The molecule has 0 radical (unpaired) electrons. The van der Waals surface area contributed by atoms with Crippen LogP contribution >= 0.6 is 0 Å². The highest BCUT2D eigenvalue weighted by molar-refractivity contribution is 5.84. The normalized spacial score (nSPS) is 33.4. The molecule has 1 aliphatic heterocycles. The highest BCUT2D eigenvalue weighted by Gasteiger charge is 2.44. The fraction of sp³-hybridized carbons (Fsp3) is 0.588. The third-order valence-electron chi connectivity index (χ3n) is 4.76. The first-order chi connectivity index (χ1) is 9.60. The average molecular weight is 272 g/mol. The number of carbonyl (C=O) groups is 1. The Hall–Kier alpha value is -1.35. The summed E-state index contributed by atoms with van der Waals surface area (Å²) in [5.74, 6) is 1.01. The summed E-state index contributed by atoms with van der Waals surface area (Å²) in [6.45, 7) is 6.40. The highest BCUT2D eigenvalue weighted by atomic mass is 16.2. The van der Waals surface area contributed by atoms with E-state index in [-0.39, 0.29) is 18.1 Å². The Morgan fingerprint density at radius 3 is 2.40 bits per heavy atom. The molecule has 1 aliphatic carbocycles. The number of nitrogens with one attached hydrogen (secondary N) is 1. The maximum atomic E-state index is 12.4. The predicted molar refractivity (Wildman–Crippen MR) is 80.2 cm³/mol. The number of nitrogens with zero attached hydrogens (tertiary/aromatic N) is 1. The second kappa shape index (κ2) is 5.21. The van der Waals surface area contributed by atoms with Crippen molar-refractivity contribution in [1.29, 1.82) is 0 Å². The Morgan fingerprint density at radius 2 is 1.85 bits per heavy atom. The molecule has 1 aromatic carbocycles. The third-order valence-corrected chi connectivity index (χ3v) is 4.76. The van der Waals surface area contributed by atoms with Gasteiger partial charge in [0, 0.05) is 6.04 Å². The van der Waals surface area contributed by atoms with Crippen LogP contribution in [0, 0.1) is 5.92 Å². The van der Waals surface area contributed by atoms with Gasteiger partial charge in [0.25, 0.3) is 0 Å². The Balaban J connectivity index is 1.83. The van der Waals surface area contributed by atoms with E-state index in [1.54, 1.807) is 0 Å². The van der Waals surface area contributed by atoms with Gasteiger partial charge in [0.1, 0.15) is 6.17 Å². The van der Waals surface area contributed by atoms with Crippen LogP contribution in [-0.4, -0.2) is 22.9 Å². The number of carbonyl (C=O) groups excluding carboxylic acids is 1. The minimum absolute atomic E-state index is 0.0564. The van der Waals surface area contributed by atoms with E-state index in [1.807, 2.05) is 6.92 Å². The van der Waals surface area contributed by atoms with Crippen molar-refractivity contribution < 1.29 is 4.79 Å². The van der Waals surface area contributed by atoms with Gasteiger partial charge in [0.05, 0.1) is 6.04 Å². The molecule has 2 unspecified atom stereocenters. The van der Waals surface area contributed by atoms with Gasteiger partial charge in [-0.15, -0.1) is 0 Å². The van der Waals surface area contributed by atoms with Crippen molar-refractivity contribution >= 4 is 5.91 Å². The molecule has 2 fully saturated rings. The van der Waals surface area contributed by atoms with E-state index in [0.717, 1.165) is 25.2 Å². The zero-order valence-corrected chi connectivity index (χ0v) is 12.6. The molecule has 0 spiro atoms. The molecule has 0 bridgehead atoms. The van der Waals surface area contributed by atoms with Crippen molar-refractivity contribution in [2.75, 3.05) is 0 Å². The van der Waals surface area contributed by atoms with Crippen molar-refractivity contribution in [1.82, 2.24) is 10.2 Å². The molecule has 3 rings (SSSR count). The number of rotatable bonds is 3. The van der Waals surface area contributed by atoms with Crippen LogP contribution in [0.2, 0.25) is 0 Å². The maximum absolute atomic E-state index is 12.4. The first-order valence-corrected chi connectivity index (χ1v) is 7.77. The average Bonchev–Trinajstić information content (AvgIpc) is 2.72. The monoisotopic (exact) mass is 272 g/mol. The van der Waals surface area contributed by atoms with Gasteiger partial charge in [-0.05, 0) is 43.2 Å². The van der Waals surface area contributed by atoms with E-state index in [4.69, 9.17) is 0 Å². The molecule has 3 nitrogen and oxygen atoms in total. The van der Waals surface area contributed by atoms with E-state index in [1.165, 1.54) is 11.1 Å². The van der Waals surface area contributed by atoms with Crippen LogP contribution in [-0.2, 0) is 11.2 Å². The third kappa shape index (κ3) is 2.24. The number of amides is 1. The van der Waals surface area contributed by atoms with Crippen molar-refractivity contribution in [2.24, 2.45) is 5.92 Å². The zero-order chi connectivity index (χ0) is 14.3. The summed E-state index contributed by atoms with van der Waals surface area (Å²) in [5, 5.41) is 3.45. The number of aryl methyl sites for hydroxylation is 1. The number of benzene rings is 1. The molecule has 1 saturated heterocycles. The van der Waals surface area contributed by atoms with Gasteiger partial charge >= 0.3 is 0 Å². The first-order valence-electron chi connectivity index (χ1n) is 7.77. The topological polar surface area (TPSA) is 32.3 Å². The summed E-state index contributed by atoms with van der Waals surface area (Å²) < 4.78 is 0. The molecule has 20 heavy (non-hydrogen) atoms. The summed E-state index contributed by atoms with van der Waals surface area (Å²) in [6.07, 6.45) is 3.39. The molecule has 2 atom stereocenters. The molecule has 1 aromatic rings. The SMILES string of the molecule is CCc1ccc(C2NC(C)C(=O)N2C2CC(C)C2)cc1. The second-order valence-electron chi connectivity index (χ2n) is 6.36. The summed E-state index contributed by atoms with van der Waals surface area (Å²) >= 11 is 0. The lowest BCUT2D eigenvalue weighted by atomic mass is 9.80. The fourth-order valence-electron chi connectivity index (χ4n) is 3.41. The number of hydrogen-bond acceptors (Lipinski definition) is 2. The summed E-state index contributed by atoms with van der Waals surface area (Å²) in [7, 11) is 0. The summed E-state index contributed by atoms with van der Waals surface area (Å²) in [6, 6.07) is 9.03. The van der Waals surface area contributed by atoms with Crippen molar-refractivity contribution in [3.63, 3.8) is 0 Å². The lowest BCUT2D eigenvalue weighted by Crippen LogP contribution is -2.46. The lowest BCUT2D eigenvalue weighted by Gasteiger charge is -2.42. The van der Waals surface area contributed by atoms with Gasteiger partial charge in [-0.1, -0.05) is 38.1 Å². The van der Waals surface area contributed by atoms with Gasteiger partial charge in [-0.25, -0.2) is 0 Å². The molecule has 3 heteroatoms. The fourth-order valence-corrected chi connectivity index (χ4v) is 3.41. The van der Waals surface area contributed by atoms with Crippen LogP contribution in [0.5, 0.6) is 0 Å². The zero-order valence-electron chi connectivity index (χ0n) is 12.6. The Labute approximate surface area is 121 Å². The molecular formula is C17H24N2O. The highest BCUT2D eigenvalue weighted by Crippen LogP contribution is 2.38. The predicted octanol–water partition coefficient (Wildman–Crippen LogP) is 2.87. The van der Waals surface area contributed by atoms with Gasteiger partial charge in [-0.3, -0.25) is 10.1 Å². The Morgan fingerprint density at radius 1 is 1.20 bits per heavy atom. The minimum Gasteiger partial charge on any atom is -0.319 e. The summed E-state index contributed by atoms with van der Waals surface area (Å²) in [5.41, 5.74) is 2.55. The van der Waals surface area contributed by atoms with Crippen LogP contribution in [0.15, 0.2) is 24.3 Å². The van der Waals surface area contributed by atoms with Crippen LogP contribution in [0.3, 0.4) is 0 Å². The molecule has 1 saturated carbocycles. The Kier molecular flexibility index (Phi) is 3.55. The smallest absolute Gasteiger partial charge is 0.241 e. The molecule has 108 valence electrons. The molecule has 1 heterocycles. The van der Waals surface area contributed by atoms with Gasteiger partial charge in [0.2, 0.25) is 5.91 Å². The van der Waals surface area contributed by atoms with Crippen molar-refractivity contribution in [3.05, 3.63) is 35.4 Å². The van der Waals surface area contributed by atoms with Crippen LogP contribution in [0.4, 0.5) is 0 Å². The first kappa shape index (κ1) is 13.6. The molecular weight excluding hydrogens is 248 g/mol. The van der Waals surface area contributed by atoms with Gasteiger partial charge < -0.3 is 4.90 Å². The minimum atomic E-state index is -0.0678. The van der Waals surface area contributed by atoms with Crippen molar-refractivity contribution in [2.45, 2.75) is 58.3 Å². The Bertz CT molecular complexity index is 490. The van der Waals surface area contributed by atoms with Crippen LogP contribution < -0.4 is 5.32 Å². The molecule has 1 amide bonds.